The van der Waals surface area contributed by atoms with E-state index in [0.29, 0.717) is 11.4 Å². The van der Waals surface area contributed by atoms with Crippen LogP contribution in [0.5, 0.6) is 0 Å². The molecule has 2 atom stereocenters. The normalized spacial score (nSPS) is 29.1. The first-order chi connectivity index (χ1) is 8.46. The Kier molecular flexibility index (Phi) is 2.28. The number of carbonyl (C=O) groups excluding carboxylic acids is 1. The second kappa shape index (κ2) is 3.61. The Labute approximate surface area is 105 Å². The third kappa shape index (κ3) is 1.71. The highest BCUT2D eigenvalue weighted by molar-refractivity contribution is 7.91. The Bertz CT molecular complexity index is 614. The molecule has 6 nitrogen and oxygen atoms in total. The van der Waals surface area contributed by atoms with E-state index >= 15 is 0 Å². The van der Waals surface area contributed by atoms with Crippen molar-refractivity contribution in [3.05, 3.63) is 24.3 Å². The SMILES string of the molecule is Nc1cccc(N2C(=O)N[C@@H]3CS(=O)(=O)C[C@@H]32)c1. The van der Waals surface area contributed by atoms with Crippen LogP contribution in [0.1, 0.15) is 0 Å². The highest BCUT2D eigenvalue weighted by Crippen LogP contribution is 2.30. The van der Waals surface area contributed by atoms with Crippen LogP contribution in [0.4, 0.5) is 16.2 Å². The van der Waals surface area contributed by atoms with Crippen molar-refractivity contribution in [3.63, 3.8) is 0 Å². The van der Waals surface area contributed by atoms with Gasteiger partial charge in [0, 0.05) is 11.4 Å². The summed E-state index contributed by atoms with van der Waals surface area (Å²) < 4.78 is 23.2. The van der Waals surface area contributed by atoms with E-state index < -0.39 is 9.84 Å². The summed E-state index contributed by atoms with van der Waals surface area (Å²) in [6.07, 6.45) is 0. The molecule has 1 aromatic carbocycles. The van der Waals surface area contributed by atoms with Gasteiger partial charge in [0.05, 0.1) is 23.6 Å². The van der Waals surface area contributed by atoms with Crippen LogP contribution in [-0.4, -0.2) is 38.0 Å². The number of nitrogens with zero attached hydrogens (tertiary/aromatic N) is 1. The molecule has 2 saturated heterocycles. The van der Waals surface area contributed by atoms with Crippen LogP contribution in [-0.2, 0) is 9.84 Å². The molecule has 1 aromatic rings. The number of nitrogen functional groups attached to an aromatic ring is 1. The molecule has 2 amide bonds. The Hall–Kier alpha value is -1.76. The minimum atomic E-state index is -3.07. The second-order valence-corrected chi connectivity index (χ2v) is 6.82. The van der Waals surface area contributed by atoms with Gasteiger partial charge in [0.25, 0.3) is 0 Å². The molecule has 0 spiro atoms. The number of anilines is 2. The number of amides is 2. The number of benzene rings is 1. The fraction of sp³-hybridized carbons (Fsp3) is 0.364. The lowest BCUT2D eigenvalue weighted by Gasteiger charge is -2.21. The summed E-state index contributed by atoms with van der Waals surface area (Å²) in [6.45, 7) is 0. The lowest BCUT2D eigenvalue weighted by Crippen LogP contribution is -2.36. The van der Waals surface area contributed by atoms with Crippen LogP contribution >= 0.6 is 0 Å². The number of nitrogens with two attached hydrogens (primary N) is 1. The number of rotatable bonds is 1. The smallest absolute Gasteiger partial charge is 0.322 e. The van der Waals surface area contributed by atoms with Crippen LogP contribution < -0.4 is 16.0 Å². The van der Waals surface area contributed by atoms with Crippen molar-refractivity contribution in [2.24, 2.45) is 0 Å². The number of urea groups is 1. The highest BCUT2D eigenvalue weighted by Gasteiger charge is 2.49. The summed E-state index contributed by atoms with van der Waals surface area (Å²) in [5.41, 5.74) is 6.87. The zero-order valence-electron chi connectivity index (χ0n) is 9.54. The number of hydrogen-bond acceptors (Lipinski definition) is 4. The number of fused-ring (bicyclic) bond motifs is 1. The van der Waals surface area contributed by atoms with E-state index in [4.69, 9.17) is 5.73 Å². The molecule has 2 heterocycles. The first kappa shape index (κ1) is 11.3. The first-order valence-electron chi connectivity index (χ1n) is 5.62. The standard InChI is InChI=1S/C11H13N3O3S/c12-7-2-1-3-8(4-7)14-10-6-18(16,17)5-9(10)13-11(14)15/h1-4,9-10H,5-6,12H2,(H,13,15)/t9-,10+/m1/s1. The summed E-state index contributed by atoms with van der Waals surface area (Å²) in [4.78, 5) is 13.4. The van der Waals surface area contributed by atoms with Crippen molar-refractivity contribution in [3.8, 4) is 0 Å². The highest BCUT2D eigenvalue weighted by atomic mass is 32.2. The third-order valence-corrected chi connectivity index (χ3v) is 5.05. The molecular formula is C11H13N3O3S. The lowest BCUT2D eigenvalue weighted by molar-refractivity contribution is 0.251. The lowest BCUT2D eigenvalue weighted by atomic mass is 10.1. The van der Waals surface area contributed by atoms with Gasteiger partial charge in [-0.3, -0.25) is 4.90 Å². The number of carbonyl (C=O) groups is 1. The van der Waals surface area contributed by atoms with E-state index in [0.717, 1.165) is 0 Å². The minimum absolute atomic E-state index is 0.00516. The van der Waals surface area contributed by atoms with Crippen LogP contribution in [0, 0.1) is 0 Å². The molecule has 2 aliphatic heterocycles. The molecule has 2 fully saturated rings. The number of sulfone groups is 1. The van der Waals surface area contributed by atoms with E-state index in [1.54, 1.807) is 24.3 Å². The molecule has 2 aliphatic rings. The molecule has 0 radical (unpaired) electrons. The molecule has 0 aliphatic carbocycles. The van der Waals surface area contributed by atoms with Crippen molar-refractivity contribution in [1.29, 1.82) is 0 Å². The van der Waals surface area contributed by atoms with Gasteiger partial charge < -0.3 is 11.1 Å². The van der Waals surface area contributed by atoms with E-state index in [1.807, 2.05) is 0 Å². The maximum Gasteiger partial charge on any atom is 0.322 e. The molecule has 0 saturated carbocycles. The van der Waals surface area contributed by atoms with E-state index in [9.17, 15) is 13.2 Å². The summed E-state index contributed by atoms with van der Waals surface area (Å²) in [6, 6.07) is 5.99. The monoisotopic (exact) mass is 267 g/mol. The zero-order valence-corrected chi connectivity index (χ0v) is 10.4. The van der Waals surface area contributed by atoms with Crippen molar-refractivity contribution in [2.45, 2.75) is 12.1 Å². The number of hydrogen-bond donors (Lipinski definition) is 2. The van der Waals surface area contributed by atoms with Gasteiger partial charge in [0.15, 0.2) is 9.84 Å². The largest absolute Gasteiger partial charge is 0.399 e. The Morgan fingerprint density at radius 2 is 2.11 bits per heavy atom. The van der Waals surface area contributed by atoms with E-state index in [1.165, 1.54) is 4.90 Å². The van der Waals surface area contributed by atoms with Gasteiger partial charge >= 0.3 is 6.03 Å². The van der Waals surface area contributed by atoms with Gasteiger partial charge in [-0.2, -0.15) is 0 Å². The predicted molar refractivity (Wildman–Crippen MR) is 68.1 cm³/mol. The average molecular weight is 267 g/mol. The van der Waals surface area contributed by atoms with Gasteiger partial charge in [0.1, 0.15) is 0 Å². The average Bonchev–Trinajstić information content (AvgIpc) is 2.68. The Balaban J connectivity index is 1.99. The zero-order chi connectivity index (χ0) is 12.9. The van der Waals surface area contributed by atoms with Gasteiger partial charge in [-0.05, 0) is 18.2 Å². The molecule has 18 heavy (non-hydrogen) atoms. The first-order valence-corrected chi connectivity index (χ1v) is 7.44. The number of nitrogens with one attached hydrogen (secondary N) is 1. The second-order valence-electron chi connectivity index (χ2n) is 4.67. The van der Waals surface area contributed by atoms with Crippen molar-refractivity contribution in [1.82, 2.24) is 5.32 Å². The van der Waals surface area contributed by atoms with Gasteiger partial charge in [-0.1, -0.05) is 6.07 Å². The van der Waals surface area contributed by atoms with E-state index in [-0.39, 0.29) is 29.6 Å². The molecule has 7 heteroatoms. The maximum atomic E-state index is 11.9. The summed E-state index contributed by atoms with van der Waals surface area (Å²) >= 11 is 0. The van der Waals surface area contributed by atoms with Gasteiger partial charge in [-0.25, -0.2) is 13.2 Å². The topological polar surface area (TPSA) is 92.5 Å². The maximum absolute atomic E-state index is 11.9. The molecular weight excluding hydrogens is 254 g/mol. The molecule has 96 valence electrons. The molecule has 0 aromatic heterocycles. The van der Waals surface area contributed by atoms with Gasteiger partial charge in [0.2, 0.25) is 0 Å². The summed E-state index contributed by atoms with van der Waals surface area (Å²) in [7, 11) is -3.07. The van der Waals surface area contributed by atoms with Crippen molar-refractivity contribution >= 4 is 27.2 Å². The van der Waals surface area contributed by atoms with E-state index in [2.05, 4.69) is 5.32 Å². The summed E-state index contributed by atoms with van der Waals surface area (Å²) in [5, 5.41) is 2.71. The molecule has 0 bridgehead atoms. The van der Waals surface area contributed by atoms with Crippen LogP contribution in [0.15, 0.2) is 24.3 Å². The molecule has 0 unspecified atom stereocenters. The van der Waals surface area contributed by atoms with Crippen molar-refractivity contribution in [2.75, 3.05) is 22.1 Å². The predicted octanol–water partition coefficient (Wildman–Crippen LogP) is -0.0360. The Morgan fingerprint density at radius 3 is 2.83 bits per heavy atom. The van der Waals surface area contributed by atoms with Gasteiger partial charge in [-0.15, -0.1) is 0 Å². The summed E-state index contributed by atoms with van der Waals surface area (Å²) in [5.74, 6) is 0.0213. The van der Waals surface area contributed by atoms with Crippen LogP contribution in [0.2, 0.25) is 0 Å². The van der Waals surface area contributed by atoms with Crippen molar-refractivity contribution < 1.29 is 13.2 Å². The minimum Gasteiger partial charge on any atom is -0.399 e. The quantitative estimate of drug-likeness (QED) is 0.552. The fourth-order valence-electron chi connectivity index (χ4n) is 2.58. The fourth-order valence-corrected chi connectivity index (χ4v) is 4.47. The molecule has 3 N–H and O–H groups in total. The van der Waals surface area contributed by atoms with Crippen LogP contribution in [0.3, 0.4) is 0 Å². The molecule has 3 rings (SSSR count). The van der Waals surface area contributed by atoms with Crippen LogP contribution in [0.25, 0.3) is 0 Å². The third-order valence-electron chi connectivity index (χ3n) is 3.33. The Morgan fingerprint density at radius 1 is 1.33 bits per heavy atom.